The summed E-state index contributed by atoms with van der Waals surface area (Å²) in [6.07, 6.45) is 5.18. The van der Waals surface area contributed by atoms with Crippen molar-refractivity contribution >= 4 is 17.8 Å². The van der Waals surface area contributed by atoms with E-state index < -0.39 is 24.3 Å². The molecular weight excluding hydrogens is 248 g/mol. The first-order valence-electron chi connectivity index (χ1n) is 5.36. The van der Waals surface area contributed by atoms with Gasteiger partial charge in [0.1, 0.15) is 6.54 Å². The van der Waals surface area contributed by atoms with Gasteiger partial charge in [-0.05, 0) is 24.3 Å². The number of carbonyl (C=O) groups is 3. The Morgan fingerprint density at radius 2 is 1.74 bits per heavy atom. The fourth-order valence-corrected chi connectivity index (χ4v) is 1.22. The van der Waals surface area contributed by atoms with Crippen LogP contribution < -0.4 is 10.6 Å². The van der Waals surface area contributed by atoms with Crippen LogP contribution in [-0.2, 0) is 9.59 Å². The minimum Gasteiger partial charge on any atom is -0.480 e. The highest BCUT2D eigenvalue weighted by molar-refractivity contribution is 5.96. The lowest BCUT2D eigenvalue weighted by atomic mass is 10.1. The number of terminal acetylenes is 1. The van der Waals surface area contributed by atoms with Crippen LogP contribution in [0, 0.1) is 12.3 Å². The van der Waals surface area contributed by atoms with E-state index in [1.807, 2.05) is 0 Å². The van der Waals surface area contributed by atoms with Crippen LogP contribution in [-0.4, -0.2) is 36.0 Å². The van der Waals surface area contributed by atoms with Gasteiger partial charge in [0.05, 0.1) is 6.54 Å². The SMILES string of the molecule is C#Cc1ccc(C(=O)NCC(=O)NCC(=O)O)cc1. The Morgan fingerprint density at radius 1 is 1.11 bits per heavy atom. The first-order chi connectivity index (χ1) is 9.02. The number of carbonyl (C=O) groups excluding carboxylic acids is 2. The summed E-state index contributed by atoms with van der Waals surface area (Å²) in [5.74, 6) is 0.261. The number of carboxylic acids is 1. The van der Waals surface area contributed by atoms with Crippen molar-refractivity contribution in [1.29, 1.82) is 0 Å². The summed E-state index contributed by atoms with van der Waals surface area (Å²) >= 11 is 0. The third kappa shape index (κ3) is 4.91. The van der Waals surface area contributed by atoms with Gasteiger partial charge in [0.2, 0.25) is 5.91 Å². The average molecular weight is 260 g/mol. The molecule has 98 valence electrons. The smallest absolute Gasteiger partial charge is 0.322 e. The second-order valence-corrected chi connectivity index (χ2v) is 3.57. The average Bonchev–Trinajstić information content (AvgIpc) is 2.42. The zero-order valence-corrected chi connectivity index (χ0v) is 9.97. The molecule has 0 atom stereocenters. The molecule has 0 aromatic heterocycles. The van der Waals surface area contributed by atoms with E-state index in [1.165, 1.54) is 0 Å². The number of carboxylic acid groups (broad SMARTS) is 1. The van der Waals surface area contributed by atoms with Crippen LogP contribution in [0.1, 0.15) is 15.9 Å². The Labute approximate surface area is 109 Å². The molecule has 0 heterocycles. The van der Waals surface area contributed by atoms with Gasteiger partial charge < -0.3 is 15.7 Å². The van der Waals surface area contributed by atoms with Crippen molar-refractivity contribution in [2.45, 2.75) is 0 Å². The zero-order chi connectivity index (χ0) is 14.3. The highest BCUT2D eigenvalue weighted by atomic mass is 16.4. The van der Waals surface area contributed by atoms with Gasteiger partial charge in [-0.2, -0.15) is 0 Å². The Balaban J connectivity index is 2.44. The summed E-state index contributed by atoms with van der Waals surface area (Å²) in [4.78, 5) is 33.0. The molecule has 6 nitrogen and oxygen atoms in total. The largest absolute Gasteiger partial charge is 0.480 e. The molecule has 0 aliphatic heterocycles. The van der Waals surface area contributed by atoms with Gasteiger partial charge in [-0.3, -0.25) is 14.4 Å². The van der Waals surface area contributed by atoms with Crippen LogP contribution in [0.4, 0.5) is 0 Å². The number of hydrogen-bond donors (Lipinski definition) is 3. The lowest BCUT2D eigenvalue weighted by Gasteiger charge is -2.05. The number of hydrogen-bond acceptors (Lipinski definition) is 3. The third-order valence-electron chi connectivity index (χ3n) is 2.16. The van der Waals surface area contributed by atoms with E-state index in [9.17, 15) is 14.4 Å². The maximum atomic E-state index is 11.6. The lowest BCUT2D eigenvalue weighted by Crippen LogP contribution is -2.39. The molecule has 0 fully saturated rings. The molecule has 6 heteroatoms. The van der Waals surface area contributed by atoms with Crippen molar-refractivity contribution in [3.63, 3.8) is 0 Å². The second-order valence-electron chi connectivity index (χ2n) is 3.57. The van der Waals surface area contributed by atoms with Crippen molar-refractivity contribution < 1.29 is 19.5 Å². The lowest BCUT2D eigenvalue weighted by molar-refractivity contribution is -0.137. The fourth-order valence-electron chi connectivity index (χ4n) is 1.22. The molecular formula is C13H12N2O4. The topological polar surface area (TPSA) is 95.5 Å². The molecule has 1 aromatic carbocycles. The zero-order valence-electron chi connectivity index (χ0n) is 9.97. The Morgan fingerprint density at radius 3 is 2.26 bits per heavy atom. The van der Waals surface area contributed by atoms with Crippen molar-refractivity contribution in [1.82, 2.24) is 10.6 Å². The number of rotatable bonds is 5. The quantitative estimate of drug-likeness (QED) is 0.628. The standard InChI is InChI=1S/C13H12N2O4/c1-2-9-3-5-10(6-4-9)13(19)15-7-11(16)14-8-12(17)18/h1,3-6H,7-8H2,(H,14,16)(H,15,19)(H,17,18). The predicted octanol–water partition coefficient (Wildman–Crippen LogP) is -0.401. The van der Waals surface area contributed by atoms with Gasteiger partial charge in [-0.1, -0.05) is 5.92 Å². The van der Waals surface area contributed by atoms with E-state index in [1.54, 1.807) is 24.3 Å². The Hall–Kier alpha value is -2.81. The summed E-state index contributed by atoms with van der Waals surface area (Å²) < 4.78 is 0. The Kier molecular flexibility index (Phi) is 5.11. The van der Waals surface area contributed by atoms with Gasteiger partial charge in [0, 0.05) is 11.1 Å². The molecule has 0 aliphatic rings. The van der Waals surface area contributed by atoms with Gasteiger partial charge in [-0.25, -0.2) is 0 Å². The van der Waals surface area contributed by atoms with Crippen LogP contribution in [0.25, 0.3) is 0 Å². The molecule has 1 rings (SSSR count). The molecule has 0 saturated heterocycles. The first-order valence-corrected chi connectivity index (χ1v) is 5.36. The van der Waals surface area contributed by atoms with Gasteiger partial charge in [-0.15, -0.1) is 6.42 Å². The van der Waals surface area contributed by atoms with E-state index in [4.69, 9.17) is 11.5 Å². The van der Waals surface area contributed by atoms with Crippen LogP contribution >= 0.6 is 0 Å². The molecule has 0 bridgehead atoms. The van der Waals surface area contributed by atoms with Crippen LogP contribution in [0.15, 0.2) is 24.3 Å². The number of nitrogens with one attached hydrogen (secondary N) is 2. The van der Waals surface area contributed by atoms with Crippen molar-refractivity contribution in [2.24, 2.45) is 0 Å². The first kappa shape index (κ1) is 14.3. The minimum atomic E-state index is -1.15. The number of aliphatic carboxylic acids is 1. The van der Waals surface area contributed by atoms with E-state index in [0.717, 1.165) is 0 Å². The van der Waals surface area contributed by atoms with Crippen molar-refractivity contribution in [3.05, 3.63) is 35.4 Å². The van der Waals surface area contributed by atoms with E-state index in [0.29, 0.717) is 11.1 Å². The maximum Gasteiger partial charge on any atom is 0.322 e. The summed E-state index contributed by atoms with van der Waals surface area (Å²) in [5, 5.41) is 12.8. The molecule has 1 aromatic rings. The molecule has 3 N–H and O–H groups in total. The Bertz CT molecular complexity index is 529. The third-order valence-corrected chi connectivity index (χ3v) is 2.16. The van der Waals surface area contributed by atoms with E-state index in [-0.39, 0.29) is 6.54 Å². The number of amides is 2. The highest BCUT2D eigenvalue weighted by Gasteiger charge is 2.08. The van der Waals surface area contributed by atoms with Gasteiger partial charge in [0.25, 0.3) is 5.91 Å². The summed E-state index contributed by atoms with van der Waals surface area (Å²) in [6.45, 7) is -0.769. The van der Waals surface area contributed by atoms with Crippen molar-refractivity contribution in [2.75, 3.05) is 13.1 Å². The van der Waals surface area contributed by atoms with E-state index >= 15 is 0 Å². The summed E-state index contributed by atoms with van der Waals surface area (Å²) in [7, 11) is 0. The molecule has 2 amide bonds. The van der Waals surface area contributed by atoms with E-state index in [2.05, 4.69) is 16.6 Å². The molecule has 0 saturated carbocycles. The normalized spacial score (nSPS) is 9.21. The second kappa shape index (κ2) is 6.81. The van der Waals surface area contributed by atoms with Crippen LogP contribution in [0.3, 0.4) is 0 Å². The molecule has 0 aliphatic carbocycles. The van der Waals surface area contributed by atoms with Gasteiger partial charge in [0.15, 0.2) is 0 Å². The van der Waals surface area contributed by atoms with Crippen molar-refractivity contribution in [3.8, 4) is 12.3 Å². The molecule has 0 radical (unpaired) electrons. The molecule has 19 heavy (non-hydrogen) atoms. The molecule has 0 unspecified atom stereocenters. The summed E-state index contributed by atoms with van der Waals surface area (Å²) in [6, 6.07) is 6.30. The maximum absolute atomic E-state index is 11.6. The van der Waals surface area contributed by atoms with Crippen LogP contribution in [0.2, 0.25) is 0 Å². The summed E-state index contributed by atoms with van der Waals surface area (Å²) in [5.41, 5.74) is 1.01. The highest BCUT2D eigenvalue weighted by Crippen LogP contribution is 2.02. The van der Waals surface area contributed by atoms with Gasteiger partial charge >= 0.3 is 5.97 Å². The monoisotopic (exact) mass is 260 g/mol. The fraction of sp³-hybridized carbons (Fsp3) is 0.154. The predicted molar refractivity (Wildman–Crippen MR) is 67.4 cm³/mol. The number of benzene rings is 1. The molecule has 0 spiro atoms. The van der Waals surface area contributed by atoms with Crippen LogP contribution in [0.5, 0.6) is 0 Å². The minimum absolute atomic E-state index is 0.289.